The fourth-order valence-corrected chi connectivity index (χ4v) is 2.92. The van der Waals surface area contributed by atoms with E-state index in [9.17, 15) is 4.79 Å². The van der Waals surface area contributed by atoms with Crippen LogP contribution in [-0.2, 0) is 17.6 Å². The van der Waals surface area contributed by atoms with Gasteiger partial charge < -0.3 is 10.1 Å². The zero-order valence-electron chi connectivity index (χ0n) is 16.3. The lowest BCUT2D eigenvalue weighted by Crippen LogP contribution is -2.40. The van der Waals surface area contributed by atoms with Crippen molar-refractivity contribution < 1.29 is 9.53 Å². The summed E-state index contributed by atoms with van der Waals surface area (Å²) in [5.74, 6) is 0.936. The maximum Gasteiger partial charge on any atom is 0.234 e. The summed E-state index contributed by atoms with van der Waals surface area (Å²) in [6.07, 6.45) is 1.76. The molecule has 0 saturated carbocycles. The molecule has 0 saturated heterocycles. The highest BCUT2D eigenvalue weighted by atomic mass is 16.5. The molecule has 1 unspecified atom stereocenters. The molecule has 2 aromatic carbocycles. The van der Waals surface area contributed by atoms with E-state index in [1.165, 1.54) is 16.7 Å². The largest absolute Gasteiger partial charge is 0.497 e. The number of methoxy groups -OCH3 is 1. The van der Waals surface area contributed by atoms with Gasteiger partial charge in [0, 0.05) is 12.6 Å². The fourth-order valence-electron chi connectivity index (χ4n) is 2.92. The van der Waals surface area contributed by atoms with E-state index in [2.05, 4.69) is 48.3 Å². The summed E-state index contributed by atoms with van der Waals surface area (Å²) in [7, 11) is 3.66. The minimum absolute atomic E-state index is 0.0719. The van der Waals surface area contributed by atoms with Crippen molar-refractivity contribution in [2.45, 2.75) is 32.7 Å². The van der Waals surface area contributed by atoms with Crippen molar-refractivity contribution >= 4 is 5.91 Å². The summed E-state index contributed by atoms with van der Waals surface area (Å²) in [4.78, 5) is 14.3. The molecule has 140 valence electrons. The number of amides is 1. The van der Waals surface area contributed by atoms with Gasteiger partial charge in [-0.3, -0.25) is 9.69 Å². The van der Waals surface area contributed by atoms with Crippen molar-refractivity contribution in [3.8, 4) is 5.75 Å². The van der Waals surface area contributed by atoms with Crippen LogP contribution in [0, 0.1) is 6.92 Å². The van der Waals surface area contributed by atoms with Crippen LogP contribution < -0.4 is 10.1 Å². The summed E-state index contributed by atoms with van der Waals surface area (Å²) < 4.78 is 5.19. The summed E-state index contributed by atoms with van der Waals surface area (Å²) in [6.45, 7) is 5.33. The van der Waals surface area contributed by atoms with E-state index in [0.29, 0.717) is 13.1 Å². The highest BCUT2D eigenvalue weighted by Crippen LogP contribution is 2.14. The predicted molar refractivity (Wildman–Crippen MR) is 107 cm³/mol. The Morgan fingerprint density at radius 2 is 1.85 bits per heavy atom. The third-order valence-electron chi connectivity index (χ3n) is 4.81. The first-order valence-corrected chi connectivity index (χ1v) is 9.14. The van der Waals surface area contributed by atoms with Gasteiger partial charge in [0.25, 0.3) is 0 Å². The first-order valence-electron chi connectivity index (χ1n) is 9.14. The van der Waals surface area contributed by atoms with Crippen LogP contribution in [0.25, 0.3) is 0 Å². The number of carbonyl (C=O) groups is 1. The third kappa shape index (κ3) is 6.19. The fraction of sp³-hybridized carbons (Fsp3) is 0.409. The second-order valence-corrected chi connectivity index (χ2v) is 6.84. The van der Waals surface area contributed by atoms with Crippen LogP contribution in [0.15, 0.2) is 48.5 Å². The number of rotatable bonds is 9. The average molecular weight is 354 g/mol. The van der Waals surface area contributed by atoms with Gasteiger partial charge in [0.05, 0.1) is 13.7 Å². The lowest BCUT2D eigenvalue weighted by Gasteiger charge is -2.24. The first kappa shape index (κ1) is 20.0. The summed E-state index contributed by atoms with van der Waals surface area (Å²) in [6, 6.07) is 16.7. The molecule has 1 amide bonds. The molecule has 0 radical (unpaired) electrons. The molecule has 0 fully saturated rings. The van der Waals surface area contributed by atoms with Crippen molar-refractivity contribution in [1.29, 1.82) is 0 Å². The molecule has 26 heavy (non-hydrogen) atoms. The van der Waals surface area contributed by atoms with E-state index in [1.807, 2.05) is 31.3 Å². The monoisotopic (exact) mass is 354 g/mol. The van der Waals surface area contributed by atoms with E-state index >= 15 is 0 Å². The lowest BCUT2D eigenvalue weighted by molar-refractivity contribution is -0.122. The Balaban J connectivity index is 1.74. The molecule has 0 spiro atoms. The smallest absolute Gasteiger partial charge is 0.234 e. The predicted octanol–water partition coefficient (Wildman–Crippen LogP) is 3.23. The topological polar surface area (TPSA) is 41.6 Å². The van der Waals surface area contributed by atoms with E-state index in [-0.39, 0.29) is 11.9 Å². The molecular formula is C22H30N2O2. The Morgan fingerprint density at radius 3 is 2.50 bits per heavy atom. The second-order valence-electron chi connectivity index (χ2n) is 6.84. The van der Waals surface area contributed by atoms with Gasteiger partial charge in [-0.25, -0.2) is 0 Å². The van der Waals surface area contributed by atoms with Crippen LogP contribution in [0.2, 0.25) is 0 Å². The standard InChI is InChI=1S/C22H30N2O2/c1-17-7-5-6-8-20(17)13-14-23-22(25)16-24(3)18(2)15-19-9-11-21(26-4)12-10-19/h5-12,18H,13-16H2,1-4H3,(H,23,25). The van der Waals surface area contributed by atoms with Crippen LogP contribution in [-0.4, -0.2) is 44.1 Å². The van der Waals surface area contributed by atoms with Crippen LogP contribution in [0.4, 0.5) is 0 Å². The molecule has 0 aliphatic heterocycles. The van der Waals surface area contributed by atoms with Crippen molar-refractivity contribution in [1.82, 2.24) is 10.2 Å². The van der Waals surface area contributed by atoms with Crippen molar-refractivity contribution in [2.24, 2.45) is 0 Å². The maximum atomic E-state index is 12.2. The number of nitrogens with zero attached hydrogens (tertiary/aromatic N) is 1. The number of carbonyl (C=O) groups excluding carboxylic acids is 1. The average Bonchev–Trinajstić information content (AvgIpc) is 2.64. The van der Waals surface area contributed by atoms with E-state index < -0.39 is 0 Å². The molecule has 2 rings (SSSR count). The summed E-state index contributed by atoms with van der Waals surface area (Å²) >= 11 is 0. The molecule has 2 aromatic rings. The van der Waals surface area contributed by atoms with Crippen LogP contribution in [0.3, 0.4) is 0 Å². The molecule has 0 bridgehead atoms. The highest BCUT2D eigenvalue weighted by molar-refractivity contribution is 5.78. The van der Waals surface area contributed by atoms with Gasteiger partial charge in [-0.15, -0.1) is 0 Å². The van der Waals surface area contributed by atoms with Crippen LogP contribution in [0.5, 0.6) is 5.75 Å². The molecule has 0 aliphatic rings. The van der Waals surface area contributed by atoms with Crippen LogP contribution in [0.1, 0.15) is 23.6 Å². The quantitative estimate of drug-likeness (QED) is 0.752. The number of hydrogen-bond donors (Lipinski definition) is 1. The van der Waals surface area contributed by atoms with E-state index in [0.717, 1.165) is 18.6 Å². The zero-order valence-corrected chi connectivity index (χ0v) is 16.3. The third-order valence-corrected chi connectivity index (χ3v) is 4.81. The van der Waals surface area contributed by atoms with Gasteiger partial charge in [-0.2, -0.15) is 0 Å². The van der Waals surface area contributed by atoms with Gasteiger partial charge in [0.15, 0.2) is 0 Å². The zero-order chi connectivity index (χ0) is 18.9. The van der Waals surface area contributed by atoms with Gasteiger partial charge in [-0.05, 0) is 62.6 Å². The second kappa shape index (κ2) is 9.97. The molecule has 4 nitrogen and oxygen atoms in total. The normalized spacial score (nSPS) is 12.0. The highest BCUT2D eigenvalue weighted by Gasteiger charge is 2.13. The van der Waals surface area contributed by atoms with E-state index in [4.69, 9.17) is 4.74 Å². The minimum Gasteiger partial charge on any atom is -0.497 e. The molecule has 1 N–H and O–H groups in total. The Hall–Kier alpha value is -2.33. The Labute approximate surface area is 157 Å². The summed E-state index contributed by atoms with van der Waals surface area (Å²) in [5.41, 5.74) is 3.80. The molecule has 0 aliphatic carbocycles. The Bertz CT molecular complexity index is 698. The first-order chi connectivity index (χ1) is 12.5. The number of benzene rings is 2. The molecule has 1 atom stereocenters. The van der Waals surface area contributed by atoms with Gasteiger partial charge in [0.1, 0.15) is 5.75 Å². The number of hydrogen-bond acceptors (Lipinski definition) is 3. The van der Waals surface area contributed by atoms with Crippen molar-refractivity contribution in [3.63, 3.8) is 0 Å². The number of nitrogens with one attached hydrogen (secondary N) is 1. The van der Waals surface area contributed by atoms with E-state index in [1.54, 1.807) is 7.11 Å². The van der Waals surface area contributed by atoms with Crippen LogP contribution >= 0.6 is 0 Å². The Morgan fingerprint density at radius 1 is 1.15 bits per heavy atom. The summed E-state index contributed by atoms with van der Waals surface area (Å²) in [5, 5.41) is 3.03. The minimum atomic E-state index is 0.0719. The van der Waals surface area contributed by atoms with Gasteiger partial charge >= 0.3 is 0 Å². The Kier molecular flexibility index (Phi) is 7.67. The lowest BCUT2D eigenvalue weighted by atomic mass is 10.1. The van der Waals surface area contributed by atoms with Crippen molar-refractivity contribution in [2.75, 3.05) is 27.2 Å². The number of aryl methyl sites for hydroxylation is 1. The SMILES string of the molecule is COc1ccc(CC(C)N(C)CC(=O)NCCc2ccccc2C)cc1. The number of likely N-dealkylation sites (N-methyl/N-ethyl adjacent to an activating group) is 1. The molecular weight excluding hydrogens is 324 g/mol. The van der Waals surface area contributed by atoms with Crippen molar-refractivity contribution in [3.05, 3.63) is 65.2 Å². The molecule has 0 heterocycles. The van der Waals surface area contributed by atoms with Gasteiger partial charge in [-0.1, -0.05) is 36.4 Å². The molecule has 0 aromatic heterocycles. The molecule has 4 heteroatoms. The number of ether oxygens (including phenoxy) is 1. The maximum absolute atomic E-state index is 12.2. The van der Waals surface area contributed by atoms with Gasteiger partial charge in [0.2, 0.25) is 5.91 Å².